The summed E-state index contributed by atoms with van der Waals surface area (Å²) >= 11 is 6.00. The molecule has 3 atom stereocenters. The first kappa shape index (κ1) is 29.8. The van der Waals surface area contributed by atoms with E-state index in [9.17, 15) is 23.9 Å². The Bertz CT molecular complexity index is 1310. The van der Waals surface area contributed by atoms with Crippen molar-refractivity contribution in [3.63, 3.8) is 0 Å². The Labute approximate surface area is 229 Å². The fourth-order valence-electron chi connectivity index (χ4n) is 3.79. The number of amides is 2. The van der Waals surface area contributed by atoms with E-state index in [-0.39, 0.29) is 24.7 Å². The molecule has 2 amide bonds. The molecule has 0 aliphatic heterocycles. The molecule has 0 saturated heterocycles. The summed E-state index contributed by atoms with van der Waals surface area (Å²) in [5.41, 5.74) is 7.68. The Morgan fingerprint density at radius 2 is 1.82 bits per heavy atom. The molecule has 1 unspecified atom stereocenters. The van der Waals surface area contributed by atoms with Crippen LogP contribution in [0.15, 0.2) is 53.1 Å². The normalized spacial score (nSPS) is 13.5. The van der Waals surface area contributed by atoms with Gasteiger partial charge in [-0.25, -0.2) is 14.2 Å². The van der Waals surface area contributed by atoms with E-state index in [1.165, 1.54) is 24.5 Å². The predicted octanol–water partition coefficient (Wildman–Crippen LogP) is 2.88. The Morgan fingerprint density at radius 3 is 2.41 bits per heavy atom. The summed E-state index contributed by atoms with van der Waals surface area (Å²) in [5, 5.41) is 24.2. The number of rotatable bonds is 12. The van der Waals surface area contributed by atoms with Crippen LogP contribution in [0.25, 0.3) is 11.1 Å². The van der Waals surface area contributed by atoms with Gasteiger partial charge in [0.1, 0.15) is 24.2 Å². The zero-order valence-electron chi connectivity index (χ0n) is 21.4. The van der Waals surface area contributed by atoms with Crippen LogP contribution in [0, 0.1) is 5.82 Å². The average Bonchev–Trinajstić information content (AvgIpc) is 3.40. The monoisotopic (exact) mass is 560 g/mol. The van der Waals surface area contributed by atoms with Gasteiger partial charge in [0.2, 0.25) is 5.91 Å². The van der Waals surface area contributed by atoms with Gasteiger partial charge < -0.3 is 31.0 Å². The lowest BCUT2D eigenvalue weighted by Crippen LogP contribution is -2.52. The lowest BCUT2D eigenvalue weighted by atomic mass is 9.96. The molecule has 0 fully saturated rings. The summed E-state index contributed by atoms with van der Waals surface area (Å²) in [6, 6.07) is 7.50. The second-order valence-electron chi connectivity index (χ2n) is 9.35. The number of carboxylic acids is 1. The predicted molar refractivity (Wildman–Crippen MR) is 142 cm³/mol. The van der Waals surface area contributed by atoms with Crippen LogP contribution in [0.1, 0.15) is 48.1 Å². The first-order chi connectivity index (χ1) is 18.5. The first-order valence-electron chi connectivity index (χ1n) is 12.2. The summed E-state index contributed by atoms with van der Waals surface area (Å²) in [6.07, 6.45) is 1.32. The molecule has 12 heteroatoms. The highest BCUT2D eigenvalue weighted by Crippen LogP contribution is 2.26. The lowest BCUT2D eigenvalue weighted by molar-refractivity contribution is -0.142. The number of hydrogen-bond donors (Lipinski definition) is 5. The number of halogens is 2. The van der Waals surface area contributed by atoms with Gasteiger partial charge in [-0.3, -0.25) is 9.59 Å². The number of oxazole rings is 1. The van der Waals surface area contributed by atoms with Crippen LogP contribution in [0.3, 0.4) is 0 Å². The number of benzene rings is 2. The number of hydrogen-bond acceptors (Lipinski definition) is 7. The molecule has 208 valence electrons. The van der Waals surface area contributed by atoms with E-state index >= 15 is 0 Å². The minimum Gasteiger partial charge on any atom is -0.480 e. The maximum absolute atomic E-state index is 14.3. The third kappa shape index (κ3) is 8.09. The van der Waals surface area contributed by atoms with E-state index in [4.69, 9.17) is 26.9 Å². The number of carbonyl (C=O) groups excluding carboxylic acids is 2. The van der Waals surface area contributed by atoms with Crippen molar-refractivity contribution in [3.8, 4) is 11.1 Å². The van der Waals surface area contributed by atoms with Crippen LogP contribution >= 0.6 is 11.6 Å². The van der Waals surface area contributed by atoms with Gasteiger partial charge in [-0.05, 0) is 48.1 Å². The zero-order valence-corrected chi connectivity index (χ0v) is 22.1. The number of aliphatic hydroxyl groups excluding tert-OH is 1. The number of aliphatic carboxylic acids is 1. The second-order valence-corrected chi connectivity index (χ2v) is 9.79. The fourth-order valence-corrected chi connectivity index (χ4v) is 3.96. The van der Waals surface area contributed by atoms with Crippen LogP contribution < -0.4 is 16.4 Å². The molecule has 1 heterocycles. The van der Waals surface area contributed by atoms with Crippen molar-refractivity contribution < 1.29 is 33.4 Å². The number of aliphatic hydroxyl groups is 1. The summed E-state index contributed by atoms with van der Waals surface area (Å²) in [5.74, 6) is -3.46. The highest BCUT2D eigenvalue weighted by molar-refractivity contribution is 6.30. The molecule has 39 heavy (non-hydrogen) atoms. The summed E-state index contributed by atoms with van der Waals surface area (Å²) in [7, 11) is 0. The Morgan fingerprint density at radius 1 is 1.13 bits per heavy atom. The van der Waals surface area contributed by atoms with Crippen molar-refractivity contribution in [3.05, 3.63) is 76.7 Å². The van der Waals surface area contributed by atoms with E-state index in [0.29, 0.717) is 27.4 Å². The Balaban J connectivity index is 1.84. The number of carbonyl (C=O) groups is 3. The van der Waals surface area contributed by atoms with Crippen molar-refractivity contribution in [2.24, 2.45) is 5.73 Å². The smallest absolute Gasteiger partial charge is 0.326 e. The third-order valence-corrected chi connectivity index (χ3v) is 6.22. The number of nitrogens with two attached hydrogens (primary N) is 1. The largest absolute Gasteiger partial charge is 0.480 e. The minimum atomic E-state index is -1.42. The van der Waals surface area contributed by atoms with Crippen LogP contribution in [0.5, 0.6) is 0 Å². The molecule has 10 nitrogen and oxygen atoms in total. The van der Waals surface area contributed by atoms with Gasteiger partial charge in [-0.2, -0.15) is 0 Å². The average molecular weight is 561 g/mol. The van der Waals surface area contributed by atoms with E-state index in [0.717, 1.165) is 0 Å². The molecule has 0 saturated carbocycles. The number of aromatic nitrogens is 1. The highest BCUT2D eigenvalue weighted by atomic mass is 35.5. The molecule has 2 aromatic carbocycles. The first-order valence-corrected chi connectivity index (χ1v) is 12.6. The molecule has 0 aliphatic rings. The van der Waals surface area contributed by atoms with Crippen LogP contribution in [-0.2, 0) is 16.0 Å². The van der Waals surface area contributed by atoms with Crippen molar-refractivity contribution in [1.29, 1.82) is 0 Å². The Hall–Kier alpha value is -3.80. The Kier molecular flexibility index (Phi) is 10.2. The highest BCUT2D eigenvalue weighted by Gasteiger charge is 2.28. The lowest BCUT2D eigenvalue weighted by Gasteiger charge is -2.24. The van der Waals surface area contributed by atoms with Crippen LogP contribution in [0.4, 0.5) is 4.39 Å². The van der Waals surface area contributed by atoms with Crippen LogP contribution in [0.2, 0.25) is 5.02 Å². The molecule has 3 rings (SSSR count). The van der Waals surface area contributed by atoms with E-state index in [1.807, 2.05) is 13.8 Å². The molecule has 0 spiro atoms. The standard InChI is InChI=1S/C27H30ClFN4O6/c1-14(2)23-13-39-26(33-23)25(36)31-18(11-22(27(37)38)32-24(35)21(30)12-34)9-15-3-5-16(6-4-15)19-10-17(28)7-8-20(19)29/h3-8,10,13-14,18,21-22,34H,9,11-12,30H2,1-2H3,(H,31,36)(H,32,35)(H,37,38)/t18-,21?,22-/m1/s1. The van der Waals surface area contributed by atoms with Crippen molar-refractivity contribution in [1.82, 2.24) is 15.6 Å². The van der Waals surface area contributed by atoms with Crippen molar-refractivity contribution >= 4 is 29.4 Å². The molecule has 6 N–H and O–H groups in total. The maximum Gasteiger partial charge on any atom is 0.326 e. The van der Waals surface area contributed by atoms with Gasteiger partial charge in [0.05, 0.1) is 12.3 Å². The zero-order chi connectivity index (χ0) is 28.7. The van der Waals surface area contributed by atoms with Crippen molar-refractivity contribution in [2.45, 2.75) is 50.7 Å². The molecular formula is C27H30ClFN4O6. The van der Waals surface area contributed by atoms with Gasteiger partial charge >= 0.3 is 11.9 Å². The summed E-state index contributed by atoms with van der Waals surface area (Å²) < 4.78 is 19.6. The number of carboxylic acid groups (broad SMARTS) is 1. The summed E-state index contributed by atoms with van der Waals surface area (Å²) in [6.45, 7) is 3.11. The molecule has 0 bridgehead atoms. The van der Waals surface area contributed by atoms with E-state index in [2.05, 4.69) is 15.6 Å². The SMILES string of the molecule is CC(C)c1coc(C(=O)N[C@H](Cc2ccc(-c3cc(Cl)ccc3F)cc2)C[C@@H](NC(=O)C(N)CO)C(=O)O)n1. The van der Waals surface area contributed by atoms with E-state index in [1.54, 1.807) is 24.3 Å². The van der Waals surface area contributed by atoms with Gasteiger partial charge in [-0.1, -0.05) is 49.7 Å². The van der Waals surface area contributed by atoms with Gasteiger partial charge in [-0.15, -0.1) is 0 Å². The molecule has 1 aromatic heterocycles. The molecule has 0 radical (unpaired) electrons. The number of nitrogens with one attached hydrogen (secondary N) is 2. The van der Waals surface area contributed by atoms with Gasteiger partial charge in [0, 0.05) is 16.6 Å². The second kappa shape index (κ2) is 13.3. The molecule has 3 aromatic rings. The minimum absolute atomic E-state index is 0.0243. The molecular weight excluding hydrogens is 531 g/mol. The van der Waals surface area contributed by atoms with Crippen LogP contribution in [-0.4, -0.2) is 57.7 Å². The van der Waals surface area contributed by atoms with E-state index < -0.39 is 48.3 Å². The maximum atomic E-state index is 14.3. The van der Waals surface area contributed by atoms with Crippen molar-refractivity contribution in [2.75, 3.05) is 6.61 Å². The molecule has 0 aliphatic carbocycles. The van der Waals surface area contributed by atoms with Gasteiger partial charge in [0.15, 0.2) is 0 Å². The number of nitrogens with zero attached hydrogens (tertiary/aromatic N) is 1. The quantitative estimate of drug-likeness (QED) is 0.225. The topological polar surface area (TPSA) is 168 Å². The third-order valence-electron chi connectivity index (χ3n) is 5.99. The van der Waals surface area contributed by atoms with Gasteiger partial charge in [0.25, 0.3) is 5.89 Å². The fraction of sp³-hybridized carbons (Fsp3) is 0.333. The summed E-state index contributed by atoms with van der Waals surface area (Å²) in [4.78, 5) is 41.2.